The van der Waals surface area contributed by atoms with Crippen molar-refractivity contribution in [2.45, 2.75) is 61.4 Å². The van der Waals surface area contributed by atoms with E-state index in [1.807, 2.05) is 0 Å². The van der Waals surface area contributed by atoms with E-state index < -0.39 is 60.8 Å². The molecule has 0 bridgehead atoms. The fourth-order valence-electron chi connectivity index (χ4n) is 7.50. The number of aromatic nitrogens is 6. The number of hydrogen-bond donors (Lipinski definition) is 9. The molecule has 75 heavy (non-hydrogen) atoms. The lowest BCUT2D eigenvalue weighted by atomic mass is 9.89. The van der Waals surface area contributed by atoms with Crippen LogP contribution in [0.15, 0.2) is 79.6 Å². The van der Waals surface area contributed by atoms with Crippen molar-refractivity contribution in [3.8, 4) is 0 Å². The number of aliphatic hydroxyl groups is 6. The maximum Gasteiger partial charge on any atom is 0.333 e. The minimum atomic E-state index is -1.87. The maximum atomic E-state index is 15.7. The number of hydrogen-bond acceptors (Lipinski definition) is 16. The van der Waals surface area contributed by atoms with Crippen molar-refractivity contribution in [1.82, 2.24) is 39.7 Å². The van der Waals surface area contributed by atoms with Gasteiger partial charge in [0, 0.05) is 61.8 Å². The molecule has 18 nitrogen and oxygen atoms in total. The smallest absolute Gasteiger partial charge is 0.333 e. The second-order valence-electron chi connectivity index (χ2n) is 16.4. The van der Waals surface area contributed by atoms with Gasteiger partial charge in [-0.25, -0.2) is 42.1 Å². The normalized spacial score (nSPS) is 16.3. The Labute approximate surface area is 459 Å². The van der Waals surface area contributed by atoms with Crippen LogP contribution in [0.5, 0.6) is 0 Å². The van der Waals surface area contributed by atoms with Gasteiger partial charge in [-0.3, -0.25) is 25.2 Å². The average molecular weight is 1190 g/mol. The Morgan fingerprint density at radius 1 is 0.720 bits per heavy atom. The standard InChI is InChI=1S/C21H21ClF2N4O4S.C13H18ClFN2O3.C11H7FN4OS.CH2Cl2.ClH/c22-13-7-11(17(31)15(30)10-29)9-25-18(13)21(24)3-5-28(6-4-21)20(32)27-19-26-14-2-1-12(23)8-16(14)33-19;14-9-5-8(11(20)10(19)7-18)6-17-12(9)13(15)1-3-16-4-2-13;12-7-1-2-8-9(5-7)18-10(14-8)15-11(17)16-4-3-13-6-16;2-1-3;/h1-2,7-9,15,17,29-31H,3-6,10H2,(H,26,27,32);5-6,10-11,16,18-20H,1-4,7H2;1-6H,(H,14,15,17);1H2;1H/t15-,17-;10-,11-;;;/m00.../s1. The van der Waals surface area contributed by atoms with Gasteiger partial charge in [0.15, 0.2) is 21.6 Å². The molecule has 9 rings (SSSR count). The highest BCUT2D eigenvalue weighted by atomic mass is 35.5. The van der Waals surface area contributed by atoms with E-state index in [9.17, 15) is 43.2 Å². The molecule has 0 aliphatic carbocycles. The molecular weight excluding hydrogens is 1140 g/mol. The van der Waals surface area contributed by atoms with Crippen LogP contribution in [-0.2, 0) is 11.3 Å². The van der Waals surface area contributed by atoms with E-state index in [0.717, 1.165) is 11.3 Å². The van der Waals surface area contributed by atoms with E-state index >= 15 is 4.39 Å². The van der Waals surface area contributed by atoms with E-state index in [1.165, 1.54) is 94.4 Å². The second-order valence-corrected chi connectivity index (χ2v) is 20.1. The highest BCUT2D eigenvalue weighted by molar-refractivity contribution is 7.22. The van der Waals surface area contributed by atoms with Gasteiger partial charge in [0.2, 0.25) is 0 Å². The summed E-state index contributed by atoms with van der Waals surface area (Å²) in [5.41, 5.74) is -1.66. The minimum absolute atomic E-state index is 0. The summed E-state index contributed by atoms with van der Waals surface area (Å²) < 4.78 is 59.4. The fourth-order valence-corrected chi connectivity index (χ4v) is 9.95. The number of amides is 3. The number of rotatable bonds is 10. The van der Waals surface area contributed by atoms with E-state index in [2.05, 4.69) is 40.9 Å². The fraction of sp³-hybridized carbons (Fsp3) is 0.370. The highest BCUT2D eigenvalue weighted by Gasteiger charge is 2.41. The Balaban J connectivity index is 0.000000213. The Kier molecular flexibility index (Phi) is 23.0. The lowest BCUT2D eigenvalue weighted by Crippen LogP contribution is -2.45. The van der Waals surface area contributed by atoms with Crippen LogP contribution < -0.4 is 16.0 Å². The third kappa shape index (κ3) is 16.0. The largest absolute Gasteiger partial charge is 0.394 e. The van der Waals surface area contributed by atoms with Gasteiger partial charge in [-0.2, -0.15) is 0 Å². The number of piperidine rings is 2. The number of nitrogens with one attached hydrogen (secondary N) is 3. The molecule has 2 saturated heterocycles. The maximum absolute atomic E-state index is 15.7. The molecule has 3 amide bonds. The van der Waals surface area contributed by atoms with Crippen molar-refractivity contribution in [3.63, 3.8) is 0 Å². The number of halogens is 9. The monoisotopic (exact) mass is 1180 g/mol. The molecule has 2 aliphatic heterocycles. The number of aliphatic hydroxyl groups excluding tert-OH is 6. The first-order chi connectivity index (χ1) is 35.3. The molecule has 9 N–H and O–H groups in total. The number of pyridine rings is 2. The van der Waals surface area contributed by atoms with Crippen molar-refractivity contribution in [2.75, 3.05) is 55.4 Å². The topological polar surface area (TPSA) is 264 Å². The second kappa shape index (κ2) is 28.1. The van der Waals surface area contributed by atoms with Gasteiger partial charge in [0.25, 0.3) is 0 Å². The van der Waals surface area contributed by atoms with Gasteiger partial charge in [-0.05, 0) is 74.5 Å². The van der Waals surface area contributed by atoms with E-state index in [0.29, 0.717) is 56.6 Å². The summed E-state index contributed by atoms with van der Waals surface area (Å²) in [6.07, 6.45) is 1.98. The van der Waals surface area contributed by atoms with Crippen molar-refractivity contribution in [3.05, 3.63) is 124 Å². The van der Waals surface area contributed by atoms with Gasteiger partial charge in [0.1, 0.15) is 42.4 Å². The molecule has 0 spiro atoms. The Bertz CT molecular complexity index is 2980. The Morgan fingerprint density at radius 3 is 1.57 bits per heavy atom. The zero-order valence-corrected chi connectivity index (χ0v) is 44.4. The summed E-state index contributed by atoms with van der Waals surface area (Å²) in [5, 5.41) is 65.9. The molecular formula is C46H49Cl5F4N10O8S2. The van der Waals surface area contributed by atoms with Gasteiger partial charge in [-0.15, -0.1) is 35.6 Å². The van der Waals surface area contributed by atoms with Crippen molar-refractivity contribution in [1.29, 1.82) is 0 Å². The number of alkyl halides is 4. The number of anilines is 2. The molecule has 7 aromatic rings. The predicted molar refractivity (Wildman–Crippen MR) is 282 cm³/mol. The van der Waals surface area contributed by atoms with Crippen molar-refractivity contribution < 1.29 is 57.8 Å². The highest BCUT2D eigenvalue weighted by Crippen LogP contribution is 2.41. The number of carbonyl (C=O) groups is 2. The van der Waals surface area contributed by atoms with Crippen LogP contribution in [0.2, 0.25) is 10.0 Å². The van der Waals surface area contributed by atoms with Crippen LogP contribution >= 0.6 is 81.5 Å². The number of benzene rings is 2. The molecule has 2 fully saturated rings. The number of thiazole rings is 2. The number of carbonyl (C=O) groups excluding carboxylic acids is 2. The van der Waals surface area contributed by atoms with Crippen molar-refractivity contribution >= 4 is 124 Å². The van der Waals surface area contributed by atoms with Gasteiger partial charge in [-0.1, -0.05) is 45.9 Å². The Hall–Kier alpha value is -4.64. The third-order valence-electron chi connectivity index (χ3n) is 11.5. The molecule has 4 atom stereocenters. The molecule has 0 saturated carbocycles. The number of urea groups is 1. The molecule has 406 valence electrons. The minimum Gasteiger partial charge on any atom is -0.394 e. The summed E-state index contributed by atoms with van der Waals surface area (Å²) in [6, 6.07) is 10.4. The number of imidazole rings is 1. The lowest BCUT2D eigenvalue weighted by molar-refractivity contribution is -0.0155. The first kappa shape index (κ1) is 61.2. The van der Waals surface area contributed by atoms with Crippen LogP contribution in [0.1, 0.15) is 60.4 Å². The van der Waals surface area contributed by atoms with Gasteiger partial charge < -0.3 is 40.9 Å². The molecule has 5 aromatic heterocycles. The zero-order chi connectivity index (χ0) is 53.7. The van der Waals surface area contributed by atoms with Crippen LogP contribution in [0, 0.1) is 11.6 Å². The molecule has 2 aliphatic rings. The summed E-state index contributed by atoms with van der Waals surface area (Å²) in [7, 11) is 0. The van der Waals surface area contributed by atoms with E-state index in [4.69, 9.17) is 56.6 Å². The molecule has 29 heteroatoms. The number of nitrogens with zero attached hydrogens (tertiary/aromatic N) is 7. The number of likely N-dealkylation sites (tertiary alicyclic amines) is 1. The number of fused-ring (bicyclic) bond motifs is 2. The van der Waals surface area contributed by atoms with Crippen LogP contribution in [0.25, 0.3) is 20.4 Å². The molecule has 0 unspecified atom stereocenters. The average Bonchev–Trinajstić information content (AvgIpc) is 4.17. The summed E-state index contributed by atoms with van der Waals surface area (Å²) in [5.74, 6) is -0.711. The van der Waals surface area contributed by atoms with Crippen molar-refractivity contribution in [2.24, 2.45) is 0 Å². The first-order valence-corrected chi connectivity index (χ1v) is 25.7. The van der Waals surface area contributed by atoms with Gasteiger partial charge in [0.05, 0.1) is 60.4 Å². The summed E-state index contributed by atoms with van der Waals surface area (Å²) in [6.45, 7) is 0.0871. The Morgan fingerprint density at radius 2 is 1.16 bits per heavy atom. The molecule has 0 radical (unpaired) electrons. The SMILES string of the molecule is Cl.ClCCl.O=C(Nc1nc2ccc(F)cc2s1)N1CCC(F)(c2ncc([C@H](O)[C@@H](O)CO)cc2Cl)CC1.O=C(Nc1nc2ccc(F)cc2s1)n1ccnc1.OC[C@H](O)[C@@H](O)c1cnc(C2(F)CCNCC2)c(Cl)c1. The van der Waals surface area contributed by atoms with E-state index in [-0.39, 0.29) is 88.1 Å². The summed E-state index contributed by atoms with van der Waals surface area (Å²) >= 11 is 24.2. The van der Waals surface area contributed by atoms with Crippen LogP contribution in [0.3, 0.4) is 0 Å². The molecule has 7 heterocycles. The quantitative estimate of drug-likeness (QED) is 0.0459. The summed E-state index contributed by atoms with van der Waals surface area (Å²) in [4.78, 5) is 46.1. The third-order valence-corrected chi connectivity index (χ3v) is 13.9. The first-order valence-electron chi connectivity index (χ1n) is 22.3. The van der Waals surface area contributed by atoms with Crippen LogP contribution in [-0.4, -0.2) is 134 Å². The predicted octanol–water partition coefficient (Wildman–Crippen LogP) is 8.59. The van der Waals surface area contributed by atoms with Gasteiger partial charge >= 0.3 is 12.1 Å². The zero-order valence-electron chi connectivity index (χ0n) is 39.0. The lowest BCUT2D eigenvalue weighted by Gasteiger charge is -2.36. The van der Waals surface area contributed by atoms with Crippen LogP contribution in [0.4, 0.5) is 37.4 Å². The van der Waals surface area contributed by atoms with E-state index in [1.54, 1.807) is 6.07 Å². The molecule has 2 aromatic carbocycles.